The summed E-state index contributed by atoms with van der Waals surface area (Å²) in [5, 5.41) is 11.2. The van der Waals surface area contributed by atoms with Crippen molar-refractivity contribution in [2.24, 2.45) is 4.99 Å². The lowest BCUT2D eigenvalue weighted by atomic mass is 10.0. The average Bonchev–Trinajstić information content (AvgIpc) is 3.28. The van der Waals surface area contributed by atoms with Crippen LogP contribution in [0.1, 0.15) is 44.7 Å². The van der Waals surface area contributed by atoms with Crippen LogP contribution in [-0.4, -0.2) is 69.8 Å². The third-order valence-electron chi connectivity index (χ3n) is 5.51. The molecular weight excluding hydrogens is 362 g/mol. The molecule has 2 heterocycles. The first-order chi connectivity index (χ1) is 14.3. The molecule has 1 saturated heterocycles. The molecule has 1 atom stereocenters. The Labute approximate surface area is 174 Å². The van der Waals surface area contributed by atoms with E-state index in [1.165, 1.54) is 5.56 Å². The van der Waals surface area contributed by atoms with Gasteiger partial charge in [-0.05, 0) is 31.7 Å². The first kappa shape index (κ1) is 21.3. The van der Waals surface area contributed by atoms with Crippen molar-refractivity contribution in [3.63, 3.8) is 0 Å². The summed E-state index contributed by atoms with van der Waals surface area (Å²) < 4.78 is 2.02. The smallest absolute Gasteiger partial charge is 0.194 e. The molecule has 7 heteroatoms. The second kappa shape index (κ2) is 11.6. The van der Waals surface area contributed by atoms with E-state index in [1.807, 2.05) is 4.57 Å². The van der Waals surface area contributed by atoms with E-state index in [2.05, 4.69) is 69.5 Å². The number of aryl methyl sites for hydroxylation is 1. The lowest BCUT2D eigenvalue weighted by Crippen LogP contribution is -2.53. The number of unbranched alkanes of at least 4 members (excludes halogenated alkanes) is 1. The SMILES string of the molecule is CCNC(=NCCCCn1cnnc1)N1CCN(C(CC)c2ccccc2)CC1. The van der Waals surface area contributed by atoms with Crippen LogP contribution in [0.15, 0.2) is 48.0 Å². The Morgan fingerprint density at radius 3 is 2.41 bits per heavy atom. The normalized spacial score (nSPS) is 16.8. The van der Waals surface area contributed by atoms with Crippen LogP contribution in [0.5, 0.6) is 0 Å². The Kier molecular flexibility index (Phi) is 8.49. The summed E-state index contributed by atoms with van der Waals surface area (Å²) >= 11 is 0. The van der Waals surface area contributed by atoms with Crippen molar-refractivity contribution in [2.75, 3.05) is 39.3 Å². The Morgan fingerprint density at radius 1 is 1.03 bits per heavy atom. The fraction of sp³-hybridized carbons (Fsp3) is 0.591. The number of piperazine rings is 1. The van der Waals surface area contributed by atoms with E-state index in [0.29, 0.717) is 6.04 Å². The van der Waals surface area contributed by atoms with Crippen molar-refractivity contribution in [1.82, 2.24) is 29.9 Å². The van der Waals surface area contributed by atoms with Crippen LogP contribution < -0.4 is 5.32 Å². The van der Waals surface area contributed by atoms with Gasteiger partial charge in [0.15, 0.2) is 5.96 Å². The summed E-state index contributed by atoms with van der Waals surface area (Å²) in [6.45, 7) is 11.3. The minimum atomic E-state index is 0.510. The van der Waals surface area contributed by atoms with Crippen LogP contribution >= 0.6 is 0 Å². The fourth-order valence-corrected chi connectivity index (χ4v) is 3.98. The Morgan fingerprint density at radius 2 is 1.76 bits per heavy atom. The number of nitrogens with one attached hydrogen (secondary N) is 1. The van der Waals surface area contributed by atoms with Crippen LogP contribution in [0.3, 0.4) is 0 Å². The van der Waals surface area contributed by atoms with Crippen LogP contribution in [0.25, 0.3) is 0 Å². The Bertz CT molecular complexity index is 706. The maximum absolute atomic E-state index is 4.88. The van der Waals surface area contributed by atoms with E-state index in [9.17, 15) is 0 Å². The van der Waals surface area contributed by atoms with Gasteiger partial charge in [0, 0.05) is 51.9 Å². The van der Waals surface area contributed by atoms with E-state index in [4.69, 9.17) is 4.99 Å². The van der Waals surface area contributed by atoms with Gasteiger partial charge in [-0.25, -0.2) is 0 Å². The molecule has 1 aliphatic rings. The molecule has 0 bridgehead atoms. The fourth-order valence-electron chi connectivity index (χ4n) is 3.98. The number of rotatable bonds is 9. The first-order valence-electron chi connectivity index (χ1n) is 11.0. The highest BCUT2D eigenvalue weighted by molar-refractivity contribution is 5.80. The summed E-state index contributed by atoms with van der Waals surface area (Å²) in [5.74, 6) is 1.06. The summed E-state index contributed by atoms with van der Waals surface area (Å²) in [4.78, 5) is 9.91. The van der Waals surface area contributed by atoms with Gasteiger partial charge in [0.25, 0.3) is 0 Å². The summed E-state index contributed by atoms with van der Waals surface area (Å²) in [6, 6.07) is 11.4. The second-order valence-corrected chi connectivity index (χ2v) is 7.50. The minimum Gasteiger partial charge on any atom is -0.357 e. The van der Waals surface area contributed by atoms with E-state index >= 15 is 0 Å². The number of benzene rings is 1. The molecule has 0 radical (unpaired) electrons. The highest BCUT2D eigenvalue weighted by Gasteiger charge is 2.25. The molecule has 1 unspecified atom stereocenters. The maximum Gasteiger partial charge on any atom is 0.194 e. The van der Waals surface area contributed by atoms with Crippen molar-refractivity contribution < 1.29 is 0 Å². The first-order valence-corrected chi connectivity index (χ1v) is 11.0. The molecule has 1 fully saturated rings. The van der Waals surface area contributed by atoms with Crippen LogP contribution in [0, 0.1) is 0 Å². The molecule has 1 N–H and O–H groups in total. The quantitative estimate of drug-likeness (QED) is 0.400. The molecule has 1 aromatic carbocycles. The van der Waals surface area contributed by atoms with Gasteiger partial charge >= 0.3 is 0 Å². The van der Waals surface area contributed by atoms with Crippen LogP contribution in [-0.2, 0) is 6.54 Å². The molecule has 3 rings (SSSR count). The summed E-state index contributed by atoms with van der Waals surface area (Å²) in [7, 11) is 0. The lowest BCUT2D eigenvalue weighted by molar-refractivity contribution is 0.127. The molecule has 0 aliphatic carbocycles. The van der Waals surface area contributed by atoms with Crippen molar-refractivity contribution in [1.29, 1.82) is 0 Å². The van der Waals surface area contributed by atoms with Gasteiger partial charge in [-0.1, -0.05) is 37.3 Å². The van der Waals surface area contributed by atoms with Crippen molar-refractivity contribution >= 4 is 5.96 Å². The number of aromatic nitrogens is 3. The Balaban J connectivity index is 1.48. The molecule has 158 valence electrons. The lowest BCUT2D eigenvalue weighted by Gasteiger charge is -2.40. The minimum absolute atomic E-state index is 0.510. The number of aliphatic imine (C=N–C) groups is 1. The number of hydrogen-bond donors (Lipinski definition) is 1. The van der Waals surface area contributed by atoms with Crippen molar-refractivity contribution in [2.45, 2.75) is 45.7 Å². The topological polar surface area (TPSA) is 61.6 Å². The molecule has 1 aliphatic heterocycles. The largest absolute Gasteiger partial charge is 0.357 e. The van der Waals surface area contributed by atoms with Gasteiger partial charge in [0.1, 0.15) is 12.7 Å². The van der Waals surface area contributed by atoms with E-state index in [0.717, 1.165) is 71.0 Å². The molecule has 7 nitrogen and oxygen atoms in total. The standard InChI is InChI=1S/C22H35N7/c1-3-21(20-10-6-5-7-11-20)28-14-16-29(17-15-28)22(23-4-2)24-12-8-9-13-27-18-25-26-19-27/h5-7,10-11,18-19,21H,3-4,8-9,12-17H2,1-2H3,(H,23,24). The zero-order valence-corrected chi connectivity index (χ0v) is 17.9. The van der Waals surface area contributed by atoms with Crippen LogP contribution in [0.2, 0.25) is 0 Å². The number of hydrogen-bond acceptors (Lipinski definition) is 4. The third-order valence-corrected chi connectivity index (χ3v) is 5.51. The van der Waals surface area contributed by atoms with E-state index in [-0.39, 0.29) is 0 Å². The molecule has 0 saturated carbocycles. The van der Waals surface area contributed by atoms with Crippen molar-refractivity contribution in [3.8, 4) is 0 Å². The van der Waals surface area contributed by atoms with Gasteiger partial charge in [0.05, 0.1) is 0 Å². The van der Waals surface area contributed by atoms with Gasteiger partial charge in [-0.3, -0.25) is 9.89 Å². The monoisotopic (exact) mass is 397 g/mol. The molecular formula is C22H35N7. The predicted molar refractivity (Wildman–Crippen MR) is 118 cm³/mol. The maximum atomic E-state index is 4.88. The number of guanidine groups is 1. The molecule has 2 aromatic rings. The average molecular weight is 398 g/mol. The van der Waals surface area contributed by atoms with Gasteiger partial charge in [-0.15, -0.1) is 10.2 Å². The van der Waals surface area contributed by atoms with Gasteiger partial charge < -0.3 is 14.8 Å². The van der Waals surface area contributed by atoms with Crippen LogP contribution in [0.4, 0.5) is 0 Å². The predicted octanol–water partition coefficient (Wildman–Crippen LogP) is 2.79. The molecule has 29 heavy (non-hydrogen) atoms. The zero-order valence-electron chi connectivity index (χ0n) is 17.9. The highest BCUT2D eigenvalue weighted by Crippen LogP contribution is 2.25. The van der Waals surface area contributed by atoms with Gasteiger partial charge in [-0.2, -0.15) is 0 Å². The second-order valence-electron chi connectivity index (χ2n) is 7.50. The van der Waals surface area contributed by atoms with E-state index < -0.39 is 0 Å². The number of nitrogens with zero attached hydrogens (tertiary/aromatic N) is 6. The van der Waals surface area contributed by atoms with Crippen molar-refractivity contribution in [3.05, 3.63) is 48.5 Å². The molecule has 1 aromatic heterocycles. The third kappa shape index (κ3) is 6.29. The molecule has 0 spiro atoms. The molecule has 0 amide bonds. The zero-order chi connectivity index (χ0) is 20.3. The van der Waals surface area contributed by atoms with E-state index in [1.54, 1.807) is 12.7 Å². The summed E-state index contributed by atoms with van der Waals surface area (Å²) in [6.07, 6.45) is 6.84. The van der Waals surface area contributed by atoms with Gasteiger partial charge in [0.2, 0.25) is 0 Å². The summed E-state index contributed by atoms with van der Waals surface area (Å²) in [5.41, 5.74) is 1.43. The Hall–Kier alpha value is -2.41. The highest BCUT2D eigenvalue weighted by atomic mass is 15.4.